The molecule has 2 aromatic rings. The lowest BCUT2D eigenvalue weighted by molar-refractivity contribution is 0.101. The van der Waals surface area contributed by atoms with Crippen LogP contribution in [-0.2, 0) is 6.42 Å². The van der Waals surface area contributed by atoms with Crippen molar-refractivity contribution in [3.63, 3.8) is 0 Å². The van der Waals surface area contributed by atoms with Crippen molar-refractivity contribution < 1.29 is 9.21 Å². The van der Waals surface area contributed by atoms with Crippen molar-refractivity contribution in [1.29, 1.82) is 0 Å². The van der Waals surface area contributed by atoms with Crippen molar-refractivity contribution in [2.24, 2.45) is 0 Å². The molecule has 17 heavy (non-hydrogen) atoms. The van der Waals surface area contributed by atoms with E-state index in [4.69, 9.17) is 27.6 Å². The molecule has 2 rings (SSSR count). The first kappa shape index (κ1) is 12.2. The third-order valence-electron chi connectivity index (χ3n) is 2.42. The van der Waals surface area contributed by atoms with Gasteiger partial charge in [-0.1, -0.05) is 36.2 Å². The quantitative estimate of drug-likeness (QED) is 0.774. The van der Waals surface area contributed by atoms with Crippen LogP contribution >= 0.6 is 23.2 Å². The van der Waals surface area contributed by atoms with Gasteiger partial charge in [0.1, 0.15) is 5.76 Å². The molecule has 0 saturated carbocycles. The molecule has 0 saturated heterocycles. The predicted octanol–water partition coefficient (Wildman–Crippen LogP) is 4.38. The van der Waals surface area contributed by atoms with Gasteiger partial charge in [-0.05, 0) is 24.3 Å². The molecule has 0 atom stereocenters. The molecule has 0 aliphatic carbocycles. The van der Waals surface area contributed by atoms with Crippen LogP contribution in [0.15, 0.2) is 34.7 Å². The average Bonchev–Trinajstić information content (AvgIpc) is 2.77. The Labute approximate surface area is 109 Å². The Hall–Kier alpha value is -1.25. The number of carbonyl (C=O) groups is 1. The van der Waals surface area contributed by atoms with Gasteiger partial charge in [-0.15, -0.1) is 0 Å². The second-order valence-electron chi connectivity index (χ2n) is 3.55. The van der Waals surface area contributed by atoms with Gasteiger partial charge in [0, 0.05) is 6.42 Å². The molecule has 2 nitrogen and oxygen atoms in total. The fraction of sp³-hybridized carbons (Fsp3) is 0.154. The Kier molecular flexibility index (Phi) is 3.55. The van der Waals surface area contributed by atoms with Gasteiger partial charge in [0.2, 0.25) is 5.78 Å². The van der Waals surface area contributed by atoms with Gasteiger partial charge in [-0.2, -0.15) is 0 Å². The van der Waals surface area contributed by atoms with E-state index in [-0.39, 0.29) is 17.1 Å². The van der Waals surface area contributed by atoms with Gasteiger partial charge in [0.05, 0.1) is 15.6 Å². The molecule has 0 amide bonds. The first-order chi connectivity index (χ1) is 8.13. The van der Waals surface area contributed by atoms with E-state index in [9.17, 15) is 4.79 Å². The Morgan fingerprint density at radius 2 is 1.82 bits per heavy atom. The molecule has 0 spiro atoms. The van der Waals surface area contributed by atoms with E-state index in [1.807, 2.05) is 6.92 Å². The highest BCUT2D eigenvalue weighted by molar-refractivity contribution is 6.40. The number of halogens is 2. The lowest BCUT2D eigenvalue weighted by Gasteiger charge is -2.03. The van der Waals surface area contributed by atoms with Crippen molar-refractivity contribution in [2.45, 2.75) is 13.3 Å². The fourth-order valence-electron chi connectivity index (χ4n) is 1.53. The smallest absolute Gasteiger partial charge is 0.231 e. The molecule has 0 radical (unpaired) electrons. The number of benzene rings is 1. The largest absolute Gasteiger partial charge is 0.458 e. The summed E-state index contributed by atoms with van der Waals surface area (Å²) >= 11 is 11.9. The van der Waals surface area contributed by atoms with E-state index in [0.29, 0.717) is 10.0 Å². The zero-order chi connectivity index (χ0) is 12.4. The number of hydrogen-bond acceptors (Lipinski definition) is 2. The van der Waals surface area contributed by atoms with Crippen LogP contribution in [0.4, 0.5) is 0 Å². The topological polar surface area (TPSA) is 30.2 Å². The summed E-state index contributed by atoms with van der Waals surface area (Å²) in [6.07, 6.45) is 0.740. The molecule has 0 fully saturated rings. The standard InChI is InChI=1S/C13H10Cl2O2/c1-2-8-6-7-11(17-8)13(16)12-9(14)4-3-5-10(12)15/h3-7H,2H2,1H3. The van der Waals surface area contributed by atoms with E-state index >= 15 is 0 Å². The van der Waals surface area contributed by atoms with Crippen LogP contribution in [-0.4, -0.2) is 5.78 Å². The van der Waals surface area contributed by atoms with E-state index < -0.39 is 0 Å². The molecule has 1 aromatic carbocycles. The highest BCUT2D eigenvalue weighted by atomic mass is 35.5. The zero-order valence-corrected chi connectivity index (χ0v) is 10.7. The monoisotopic (exact) mass is 268 g/mol. The fourth-order valence-corrected chi connectivity index (χ4v) is 2.10. The first-order valence-corrected chi connectivity index (χ1v) is 5.96. The molecular formula is C13H10Cl2O2. The third-order valence-corrected chi connectivity index (χ3v) is 3.05. The van der Waals surface area contributed by atoms with Gasteiger partial charge in [-0.3, -0.25) is 4.79 Å². The summed E-state index contributed by atoms with van der Waals surface area (Å²) < 4.78 is 5.39. The van der Waals surface area contributed by atoms with Gasteiger partial charge in [0.25, 0.3) is 0 Å². The Morgan fingerprint density at radius 1 is 1.18 bits per heavy atom. The van der Waals surface area contributed by atoms with Crippen molar-refractivity contribution in [3.8, 4) is 0 Å². The van der Waals surface area contributed by atoms with E-state index in [1.54, 1.807) is 30.3 Å². The van der Waals surface area contributed by atoms with Crippen LogP contribution in [0.5, 0.6) is 0 Å². The number of carbonyl (C=O) groups excluding carboxylic acids is 1. The Morgan fingerprint density at radius 3 is 2.35 bits per heavy atom. The summed E-state index contributed by atoms with van der Waals surface area (Å²) in [4.78, 5) is 12.2. The van der Waals surface area contributed by atoms with Crippen LogP contribution in [0.3, 0.4) is 0 Å². The van der Waals surface area contributed by atoms with E-state index in [0.717, 1.165) is 12.2 Å². The minimum atomic E-state index is -0.291. The molecule has 88 valence electrons. The molecule has 0 aliphatic rings. The number of hydrogen-bond donors (Lipinski definition) is 0. The van der Waals surface area contributed by atoms with E-state index in [1.165, 1.54) is 0 Å². The Bertz CT molecular complexity index is 538. The molecule has 0 N–H and O–H groups in total. The summed E-state index contributed by atoms with van der Waals surface area (Å²) in [6.45, 7) is 1.95. The lowest BCUT2D eigenvalue weighted by atomic mass is 10.1. The molecule has 4 heteroatoms. The first-order valence-electron chi connectivity index (χ1n) is 5.21. The predicted molar refractivity (Wildman–Crippen MR) is 68.0 cm³/mol. The maximum absolute atomic E-state index is 12.2. The summed E-state index contributed by atoms with van der Waals surface area (Å²) in [6, 6.07) is 8.37. The summed E-state index contributed by atoms with van der Waals surface area (Å²) in [5, 5.41) is 0.661. The van der Waals surface area contributed by atoms with Crippen molar-refractivity contribution in [2.75, 3.05) is 0 Å². The minimum Gasteiger partial charge on any atom is -0.458 e. The normalized spacial score (nSPS) is 10.5. The van der Waals surface area contributed by atoms with Crippen molar-refractivity contribution in [1.82, 2.24) is 0 Å². The van der Waals surface area contributed by atoms with Crippen LogP contribution < -0.4 is 0 Å². The summed E-state index contributed by atoms with van der Waals surface area (Å²) in [7, 11) is 0. The van der Waals surface area contributed by atoms with Crippen LogP contribution in [0.25, 0.3) is 0 Å². The van der Waals surface area contributed by atoms with Crippen molar-refractivity contribution in [3.05, 3.63) is 57.5 Å². The molecular weight excluding hydrogens is 259 g/mol. The van der Waals surface area contributed by atoms with Crippen LogP contribution in [0.1, 0.15) is 28.8 Å². The van der Waals surface area contributed by atoms with Crippen LogP contribution in [0, 0.1) is 0 Å². The van der Waals surface area contributed by atoms with Crippen molar-refractivity contribution >= 4 is 29.0 Å². The number of aryl methyl sites for hydroxylation is 1. The number of rotatable bonds is 3. The summed E-state index contributed by atoms with van der Waals surface area (Å²) in [5.74, 6) is 0.730. The SMILES string of the molecule is CCc1ccc(C(=O)c2c(Cl)cccc2Cl)o1. The molecule has 1 aromatic heterocycles. The molecule has 0 bridgehead atoms. The van der Waals surface area contributed by atoms with Gasteiger partial charge < -0.3 is 4.42 Å². The number of ketones is 1. The van der Waals surface area contributed by atoms with Gasteiger partial charge in [0.15, 0.2) is 5.76 Å². The molecule has 0 unspecified atom stereocenters. The lowest BCUT2D eigenvalue weighted by Crippen LogP contribution is -2.01. The van der Waals surface area contributed by atoms with Gasteiger partial charge >= 0.3 is 0 Å². The second kappa shape index (κ2) is 4.94. The maximum Gasteiger partial charge on any atom is 0.231 e. The van der Waals surface area contributed by atoms with Gasteiger partial charge in [-0.25, -0.2) is 0 Å². The maximum atomic E-state index is 12.2. The van der Waals surface area contributed by atoms with E-state index in [2.05, 4.69) is 0 Å². The highest BCUT2D eigenvalue weighted by Crippen LogP contribution is 2.27. The summed E-state index contributed by atoms with van der Waals surface area (Å²) in [5.41, 5.74) is 0.285. The Balaban J connectivity index is 2.43. The molecule has 1 heterocycles. The zero-order valence-electron chi connectivity index (χ0n) is 9.17. The highest BCUT2D eigenvalue weighted by Gasteiger charge is 2.19. The molecule has 0 aliphatic heterocycles. The van der Waals surface area contributed by atoms with Crippen LogP contribution in [0.2, 0.25) is 10.0 Å². The third kappa shape index (κ3) is 2.38. The minimum absolute atomic E-state index is 0.261. The second-order valence-corrected chi connectivity index (χ2v) is 4.36. The number of furan rings is 1. The average molecular weight is 269 g/mol.